The monoisotopic (exact) mass is 279 g/mol. The molecule has 2 aromatic rings. The van der Waals surface area contributed by atoms with Crippen LogP contribution in [0, 0.1) is 0 Å². The molecule has 0 bridgehead atoms. The van der Waals surface area contributed by atoms with Gasteiger partial charge in [0.2, 0.25) is 5.95 Å². The van der Waals surface area contributed by atoms with E-state index < -0.39 is 0 Å². The van der Waals surface area contributed by atoms with Crippen molar-refractivity contribution < 1.29 is 4.74 Å². The number of nitrogens with two attached hydrogens (primary N) is 1. The van der Waals surface area contributed by atoms with E-state index in [2.05, 4.69) is 15.4 Å². The van der Waals surface area contributed by atoms with Crippen LogP contribution in [0.2, 0.25) is 5.02 Å². The molecule has 0 aliphatic rings. The third kappa shape index (κ3) is 2.69. The number of hydrogen-bond acceptors (Lipinski definition) is 6. The van der Waals surface area contributed by atoms with Crippen LogP contribution < -0.4 is 20.9 Å². The van der Waals surface area contributed by atoms with Crippen LogP contribution in [0.25, 0.3) is 0 Å². The van der Waals surface area contributed by atoms with Crippen LogP contribution in [0.4, 0.5) is 17.5 Å². The standard InChI is InChI=1S/C12H14ClN5O/c1-18(9-5-3-4-6-10(9)19-2)11-8(13)7-15-12(16-11)17-14/h3-7H,14H2,1-2H3,(H,15,16,17). The molecule has 0 saturated carbocycles. The molecule has 0 spiro atoms. The van der Waals surface area contributed by atoms with Gasteiger partial charge in [-0.1, -0.05) is 23.7 Å². The Morgan fingerprint density at radius 3 is 2.79 bits per heavy atom. The number of nitrogens with zero attached hydrogens (tertiary/aromatic N) is 3. The van der Waals surface area contributed by atoms with Gasteiger partial charge >= 0.3 is 0 Å². The number of para-hydroxylation sites is 2. The van der Waals surface area contributed by atoms with Crippen molar-refractivity contribution in [1.82, 2.24) is 9.97 Å². The predicted molar refractivity (Wildman–Crippen MR) is 75.9 cm³/mol. The highest BCUT2D eigenvalue weighted by Gasteiger charge is 2.14. The molecule has 0 saturated heterocycles. The van der Waals surface area contributed by atoms with E-state index in [0.717, 1.165) is 11.4 Å². The Labute approximate surface area is 116 Å². The molecule has 0 unspecified atom stereocenters. The number of hydrazine groups is 1. The first-order valence-electron chi connectivity index (χ1n) is 5.53. The van der Waals surface area contributed by atoms with Crippen LogP contribution in [0.15, 0.2) is 30.5 Å². The van der Waals surface area contributed by atoms with E-state index in [0.29, 0.717) is 16.8 Å². The van der Waals surface area contributed by atoms with Crippen LogP contribution in [0.1, 0.15) is 0 Å². The van der Waals surface area contributed by atoms with Crippen molar-refractivity contribution in [3.63, 3.8) is 0 Å². The van der Waals surface area contributed by atoms with E-state index in [4.69, 9.17) is 22.2 Å². The molecular weight excluding hydrogens is 266 g/mol. The highest BCUT2D eigenvalue weighted by Crippen LogP contribution is 2.34. The minimum atomic E-state index is 0.293. The third-order valence-corrected chi connectivity index (χ3v) is 2.89. The topological polar surface area (TPSA) is 76.3 Å². The van der Waals surface area contributed by atoms with E-state index >= 15 is 0 Å². The lowest BCUT2D eigenvalue weighted by Gasteiger charge is -2.21. The molecule has 0 amide bonds. The number of rotatable bonds is 4. The molecule has 1 aromatic carbocycles. The molecule has 0 fully saturated rings. The van der Waals surface area contributed by atoms with Gasteiger partial charge in [-0.25, -0.2) is 10.8 Å². The molecule has 0 atom stereocenters. The van der Waals surface area contributed by atoms with Gasteiger partial charge in [0.25, 0.3) is 0 Å². The molecule has 100 valence electrons. The molecule has 0 radical (unpaired) electrons. The number of aromatic nitrogens is 2. The van der Waals surface area contributed by atoms with Gasteiger partial charge in [-0.15, -0.1) is 0 Å². The van der Waals surface area contributed by atoms with Crippen LogP contribution >= 0.6 is 11.6 Å². The Morgan fingerprint density at radius 2 is 2.11 bits per heavy atom. The van der Waals surface area contributed by atoms with Crippen LogP contribution in [-0.4, -0.2) is 24.1 Å². The zero-order valence-corrected chi connectivity index (χ0v) is 11.3. The molecule has 19 heavy (non-hydrogen) atoms. The van der Waals surface area contributed by atoms with Gasteiger partial charge in [-0.3, -0.25) is 5.43 Å². The zero-order chi connectivity index (χ0) is 13.8. The Bertz CT molecular complexity index is 578. The normalized spacial score (nSPS) is 10.1. The van der Waals surface area contributed by atoms with Gasteiger partial charge in [-0.2, -0.15) is 4.98 Å². The maximum atomic E-state index is 6.12. The molecule has 1 heterocycles. The van der Waals surface area contributed by atoms with Crippen LogP contribution in [-0.2, 0) is 0 Å². The minimum Gasteiger partial charge on any atom is -0.495 e. The summed E-state index contributed by atoms with van der Waals surface area (Å²) in [5.74, 6) is 6.86. The zero-order valence-electron chi connectivity index (χ0n) is 10.6. The average molecular weight is 280 g/mol. The number of nitrogens with one attached hydrogen (secondary N) is 1. The highest BCUT2D eigenvalue weighted by molar-refractivity contribution is 6.33. The highest BCUT2D eigenvalue weighted by atomic mass is 35.5. The fourth-order valence-corrected chi connectivity index (χ4v) is 1.90. The van der Waals surface area contributed by atoms with E-state index in [-0.39, 0.29) is 0 Å². The van der Waals surface area contributed by atoms with Crippen molar-refractivity contribution in [2.75, 3.05) is 24.5 Å². The van der Waals surface area contributed by atoms with Gasteiger partial charge in [0.05, 0.1) is 19.0 Å². The summed E-state index contributed by atoms with van der Waals surface area (Å²) in [6.45, 7) is 0. The van der Waals surface area contributed by atoms with E-state index in [1.165, 1.54) is 6.20 Å². The van der Waals surface area contributed by atoms with E-state index in [1.54, 1.807) is 7.11 Å². The number of benzene rings is 1. The maximum Gasteiger partial charge on any atom is 0.239 e. The second-order valence-electron chi connectivity index (χ2n) is 3.74. The predicted octanol–water partition coefficient (Wildman–Crippen LogP) is 2.19. The molecule has 3 N–H and O–H groups in total. The number of anilines is 3. The Hall–Kier alpha value is -2.05. The lowest BCUT2D eigenvalue weighted by molar-refractivity contribution is 0.415. The summed E-state index contributed by atoms with van der Waals surface area (Å²) in [7, 11) is 3.45. The van der Waals surface area contributed by atoms with Gasteiger partial charge in [0, 0.05) is 7.05 Å². The molecule has 7 heteroatoms. The van der Waals surface area contributed by atoms with Gasteiger partial charge < -0.3 is 9.64 Å². The Morgan fingerprint density at radius 1 is 1.37 bits per heavy atom. The molecular formula is C12H14ClN5O. The summed E-state index contributed by atoms with van der Waals surface area (Å²) in [4.78, 5) is 9.98. The SMILES string of the molecule is COc1ccccc1N(C)c1nc(NN)ncc1Cl. The summed E-state index contributed by atoms with van der Waals surface area (Å²) < 4.78 is 5.32. The van der Waals surface area contributed by atoms with Crippen molar-refractivity contribution in [3.05, 3.63) is 35.5 Å². The molecule has 1 aromatic heterocycles. The van der Waals surface area contributed by atoms with Crippen molar-refractivity contribution in [3.8, 4) is 5.75 Å². The fourth-order valence-electron chi connectivity index (χ4n) is 1.68. The molecule has 0 aliphatic carbocycles. The number of methoxy groups -OCH3 is 1. The van der Waals surface area contributed by atoms with Crippen LogP contribution in [0.5, 0.6) is 5.75 Å². The second-order valence-corrected chi connectivity index (χ2v) is 4.15. The van der Waals surface area contributed by atoms with Gasteiger partial charge in [0.1, 0.15) is 10.8 Å². The van der Waals surface area contributed by atoms with Crippen molar-refractivity contribution in [1.29, 1.82) is 0 Å². The minimum absolute atomic E-state index is 0.293. The van der Waals surface area contributed by atoms with Crippen molar-refractivity contribution in [2.45, 2.75) is 0 Å². The summed E-state index contributed by atoms with van der Waals surface area (Å²) in [5, 5.41) is 0.424. The maximum absolute atomic E-state index is 6.12. The first-order chi connectivity index (χ1) is 9.17. The van der Waals surface area contributed by atoms with Crippen molar-refractivity contribution >= 4 is 29.1 Å². The largest absolute Gasteiger partial charge is 0.495 e. The number of halogens is 1. The third-order valence-electron chi connectivity index (χ3n) is 2.62. The van der Waals surface area contributed by atoms with E-state index in [9.17, 15) is 0 Å². The summed E-state index contributed by atoms with van der Waals surface area (Å²) in [5.41, 5.74) is 3.23. The lowest BCUT2D eigenvalue weighted by Crippen LogP contribution is -2.16. The molecule has 2 rings (SSSR count). The fraction of sp³-hybridized carbons (Fsp3) is 0.167. The lowest BCUT2D eigenvalue weighted by atomic mass is 10.2. The quantitative estimate of drug-likeness (QED) is 0.660. The van der Waals surface area contributed by atoms with Gasteiger partial charge in [-0.05, 0) is 12.1 Å². The molecule has 0 aliphatic heterocycles. The van der Waals surface area contributed by atoms with E-state index in [1.807, 2.05) is 36.2 Å². The van der Waals surface area contributed by atoms with Crippen molar-refractivity contribution in [2.24, 2.45) is 5.84 Å². The Kier molecular flexibility index (Phi) is 4.03. The summed E-state index contributed by atoms with van der Waals surface area (Å²) in [6, 6.07) is 7.58. The first kappa shape index (κ1) is 13.4. The Balaban J connectivity index is 2.46. The second kappa shape index (κ2) is 5.73. The smallest absolute Gasteiger partial charge is 0.239 e. The van der Waals surface area contributed by atoms with Crippen LogP contribution in [0.3, 0.4) is 0 Å². The van der Waals surface area contributed by atoms with Gasteiger partial charge in [0.15, 0.2) is 5.82 Å². The number of ether oxygens (including phenoxy) is 1. The average Bonchev–Trinajstić information content (AvgIpc) is 2.47. The molecule has 6 nitrogen and oxygen atoms in total. The summed E-state index contributed by atoms with van der Waals surface area (Å²) in [6.07, 6.45) is 1.49. The first-order valence-corrected chi connectivity index (χ1v) is 5.91. The number of hydrogen-bond donors (Lipinski definition) is 2. The summed E-state index contributed by atoms with van der Waals surface area (Å²) >= 11 is 6.12. The number of nitrogen functional groups attached to an aromatic ring is 1.